The van der Waals surface area contributed by atoms with E-state index in [1.165, 1.54) is 7.11 Å². The van der Waals surface area contributed by atoms with Crippen molar-refractivity contribution in [1.82, 2.24) is 4.98 Å². The highest BCUT2D eigenvalue weighted by molar-refractivity contribution is 5.96. The maximum Gasteiger partial charge on any atom is 0.357 e. The third-order valence-electron chi connectivity index (χ3n) is 3.92. The van der Waals surface area contributed by atoms with Crippen molar-refractivity contribution in [3.8, 4) is 0 Å². The highest BCUT2D eigenvalue weighted by atomic mass is 16.5. The molecule has 3 rings (SSSR count). The Hall–Kier alpha value is -2.21. The zero-order chi connectivity index (χ0) is 15.7. The Morgan fingerprint density at radius 2 is 2.09 bits per heavy atom. The van der Waals surface area contributed by atoms with Gasteiger partial charge in [-0.25, -0.2) is 9.78 Å². The maximum atomic E-state index is 12.0. The van der Waals surface area contributed by atoms with Crippen LogP contribution in [-0.4, -0.2) is 35.2 Å². The molecule has 1 amide bonds. The van der Waals surface area contributed by atoms with Crippen LogP contribution in [0.4, 0.5) is 5.82 Å². The molecule has 116 valence electrons. The number of hydrogen-bond donors (Lipinski definition) is 2. The molecule has 2 N–H and O–H groups in total. The first-order chi connectivity index (χ1) is 10.6. The number of amides is 1. The molecule has 6 heteroatoms. The highest BCUT2D eigenvalue weighted by Crippen LogP contribution is 2.32. The summed E-state index contributed by atoms with van der Waals surface area (Å²) in [6, 6.07) is 3.42. The number of aromatic nitrogens is 1. The van der Waals surface area contributed by atoms with Gasteiger partial charge in [0.1, 0.15) is 5.82 Å². The molecule has 0 aromatic carbocycles. The lowest BCUT2D eigenvalue weighted by molar-refractivity contribution is -0.117. The van der Waals surface area contributed by atoms with Crippen molar-refractivity contribution in [2.24, 2.45) is 5.92 Å². The molecule has 1 aromatic rings. The van der Waals surface area contributed by atoms with Crippen LogP contribution in [0.2, 0.25) is 0 Å². The first-order valence-electron chi connectivity index (χ1n) is 7.38. The first-order valence-corrected chi connectivity index (χ1v) is 7.38. The Morgan fingerprint density at radius 1 is 1.32 bits per heavy atom. The Kier molecular flexibility index (Phi) is 3.94. The van der Waals surface area contributed by atoms with Crippen LogP contribution >= 0.6 is 0 Å². The van der Waals surface area contributed by atoms with Crippen molar-refractivity contribution < 1.29 is 19.4 Å². The van der Waals surface area contributed by atoms with E-state index in [0.717, 1.165) is 18.4 Å². The second kappa shape index (κ2) is 5.88. The van der Waals surface area contributed by atoms with Gasteiger partial charge in [0, 0.05) is 11.5 Å². The van der Waals surface area contributed by atoms with Crippen molar-refractivity contribution in [3.05, 3.63) is 29.5 Å². The number of aliphatic hydroxyl groups is 1. The molecular formula is C16H18N2O4. The van der Waals surface area contributed by atoms with Crippen molar-refractivity contribution in [2.75, 3.05) is 12.4 Å². The summed E-state index contributed by atoms with van der Waals surface area (Å²) in [5.41, 5.74) is 1.68. The lowest BCUT2D eigenvalue weighted by Crippen LogP contribution is -2.16. The average molecular weight is 302 g/mol. The Balaban J connectivity index is 1.91. The number of pyridine rings is 1. The van der Waals surface area contributed by atoms with Crippen LogP contribution in [0.1, 0.15) is 41.7 Å². The topological polar surface area (TPSA) is 88.5 Å². The van der Waals surface area contributed by atoms with Crippen LogP contribution in [0.3, 0.4) is 0 Å². The number of hydrogen-bond acceptors (Lipinski definition) is 5. The zero-order valence-electron chi connectivity index (χ0n) is 12.3. The van der Waals surface area contributed by atoms with E-state index in [9.17, 15) is 14.7 Å². The second-order valence-corrected chi connectivity index (χ2v) is 5.65. The minimum atomic E-state index is -0.556. The van der Waals surface area contributed by atoms with E-state index in [-0.39, 0.29) is 17.5 Å². The van der Waals surface area contributed by atoms with Gasteiger partial charge in [-0.05, 0) is 43.4 Å². The monoisotopic (exact) mass is 302 g/mol. The fraction of sp³-hybridized carbons (Fsp3) is 0.438. The number of anilines is 1. The van der Waals surface area contributed by atoms with Gasteiger partial charge in [-0.3, -0.25) is 4.79 Å². The molecule has 1 saturated carbocycles. The molecule has 1 aromatic heterocycles. The fourth-order valence-electron chi connectivity index (χ4n) is 2.54. The van der Waals surface area contributed by atoms with Gasteiger partial charge >= 0.3 is 5.97 Å². The Morgan fingerprint density at radius 3 is 2.68 bits per heavy atom. The predicted molar refractivity (Wildman–Crippen MR) is 80.1 cm³/mol. The van der Waals surface area contributed by atoms with Crippen LogP contribution in [0.15, 0.2) is 18.2 Å². The van der Waals surface area contributed by atoms with E-state index in [1.54, 1.807) is 18.2 Å². The standard InChI is InChI=1S/C16H18N2O4/c1-22-16(21)14-12(10-4-5-11(19)8-10)6-7-13(17-14)18-15(20)9-2-3-9/h6-9,11,19H,2-5H2,1H3,(H,17,18,20). The minimum Gasteiger partial charge on any atom is -0.464 e. The molecule has 0 spiro atoms. The van der Waals surface area contributed by atoms with Crippen molar-refractivity contribution in [3.63, 3.8) is 0 Å². The molecule has 0 saturated heterocycles. The lowest BCUT2D eigenvalue weighted by Gasteiger charge is -2.11. The molecule has 2 aliphatic carbocycles. The summed E-state index contributed by atoms with van der Waals surface area (Å²) >= 11 is 0. The number of aliphatic hydroxyl groups excluding tert-OH is 1. The third-order valence-corrected chi connectivity index (χ3v) is 3.92. The van der Waals surface area contributed by atoms with Crippen LogP contribution in [-0.2, 0) is 9.53 Å². The van der Waals surface area contributed by atoms with E-state index in [4.69, 9.17) is 4.74 Å². The van der Waals surface area contributed by atoms with Gasteiger partial charge in [0.15, 0.2) is 5.69 Å². The maximum absolute atomic E-state index is 12.0. The van der Waals surface area contributed by atoms with Gasteiger partial charge in [-0.2, -0.15) is 0 Å². The molecule has 1 heterocycles. The average Bonchev–Trinajstić information content (AvgIpc) is 3.28. The summed E-state index contributed by atoms with van der Waals surface area (Å²) in [6.07, 6.45) is 4.36. The fourth-order valence-corrected chi connectivity index (χ4v) is 2.54. The molecule has 22 heavy (non-hydrogen) atoms. The Labute approximate surface area is 128 Å². The summed E-state index contributed by atoms with van der Waals surface area (Å²) < 4.78 is 4.78. The summed E-state index contributed by atoms with van der Waals surface area (Å²) in [5.74, 6) is -0.206. The molecule has 1 unspecified atom stereocenters. The van der Waals surface area contributed by atoms with Gasteiger partial charge in [0.2, 0.25) is 5.91 Å². The highest BCUT2D eigenvalue weighted by Gasteiger charge is 2.30. The van der Waals surface area contributed by atoms with Crippen LogP contribution in [0.5, 0.6) is 0 Å². The van der Waals surface area contributed by atoms with Gasteiger partial charge in [-0.15, -0.1) is 0 Å². The number of ether oxygens (including phenoxy) is 1. The van der Waals surface area contributed by atoms with Crippen LogP contribution in [0.25, 0.3) is 5.57 Å². The number of carbonyl (C=O) groups excluding carboxylic acids is 2. The van der Waals surface area contributed by atoms with E-state index in [1.807, 2.05) is 0 Å². The van der Waals surface area contributed by atoms with Crippen LogP contribution in [0, 0.1) is 5.92 Å². The summed E-state index contributed by atoms with van der Waals surface area (Å²) in [6.45, 7) is 0. The number of rotatable bonds is 4. The summed E-state index contributed by atoms with van der Waals surface area (Å²) in [7, 11) is 1.29. The number of nitrogens with one attached hydrogen (secondary N) is 1. The van der Waals surface area contributed by atoms with Crippen molar-refractivity contribution >= 4 is 23.3 Å². The minimum absolute atomic E-state index is 0.0634. The largest absolute Gasteiger partial charge is 0.464 e. The molecule has 0 radical (unpaired) electrons. The molecule has 1 atom stereocenters. The normalized spacial score (nSPS) is 20.5. The predicted octanol–water partition coefficient (Wildman–Crippen LogP) is 1.75. The summed E-state index contributed by atoms with van der Waals surface area (Å²) in [4.78, 5) is 28.0. The SMILES string of the molecule is COC(=O)c1nc(NC(=O)C2CC2)ccc1C1=CC(O)CC1. The zero-order valence-corrected chi connectivity index (χ0v) is 12.3. The molecule has 1 fully saturated rings. The lowest BCUT2D eigenvalue weighted by atomic mass is 10.0. The second-order valence-electron chi connectivity index (χ2n) is 5.65. The number of allylic oxidation sites excluding steroid dienone is 1. The van der Waals surface area contributed by atoms with E-state index < -0.39 is 12.1 Å². The van der Waals surface area contributed by atoms with E-state index in [0.29, 0.717) is 24.2 Å². The number of methoxy groups -OCH3 is 1. The van der Waals surface area contributed by atoms with Crippen LogP contribution < -0.4 is 5.32 Å². The van der Waals surface area contributed by atoms with Crippen molar-refractivity contribution in [1.29, 1.82) is 0 Å². The quantitative estimate of drug-likeness (QED) is 0.827. The summed E-state index contributed by atoms with van der Waals surface area (Å²) in [5, 5.41) is 12.3. The first kappa shape index (κ1) is 14.7. The number of esters is 1. The van der Waals surface area contributed by atoms with Gasteiger partial charge in [0.05, 0.1) is 13.2 Å². The number of carbonyl (C=O) groups is 2. The molecule has 0 aliphatic heterocycles. The van der Waals surface area contributed by atoms with Gasteiger partial charge in [-0.1, -0.05) is 6.08 Å². The van der Waals surface area contributed by atoms with Crippen molar-refractivity contribution in [2.45, 2.75) is 31.8 Å². The van der Waals surface area contributed by atoms with Gasteiger partial charge in [0.25, 0.3) is 0 Å². The number of nitrogens with zero attached hydrogens (tertiary/aromatic N) is 1. The van der Waals surface area contributed by atoms with Gasteiger partial charge < -0.3 is 15.2 Å². The molecular weight excluding hydrogens is 284 g/mol. The molecule has 2 aliphatic rings. The smallest absolute Gasteiger partial charge is 0.357 e. The molecule has 0 bridgehead atoms. The Bertz CT molecular complexity index is 650. The third kappa shape index (κ3) is 3.01. The molecule has 6 nitrogen and oxygen atoms in total. The van der Waals surface area contributed by atoms with E-state index >= 15 is 0 Å². The van der Waals surface area contributed by atoms with E-state index in [2.05, 4.69) is 10.3 Å².